The summed E-state index contributed by atoms with van der Waals surface area (Å²) in [6, 6.07) is 0. The Balaban J connectivity index is 2.51. The van der Waals surface area contributed by atoms with Gasteiger partial charge < -0.3 is 0 Å². The fraction of sp³-hybridized carbons (Fsp3) is 0.636. The third-order valence-corrected chi connectivity index (χ3v) is 3.67. The lowest BCUT2D eigenvalue weighted by Gasteiger charge is -2.22. The highest BCUT2D eigenvalue weighted by molar-refractivity contribution is 6.30. The Morgan fingerprint density at radius 1 is 1.36 bits per heavy atom. The van der Waals surface area contributed by atoms with Gasteiger partial charge in [-0.3, -0.25) is 0 Å². The van der Waals surface area contributed by atoms with E-state index in [0.29, 0.717) is 11.1 Å². The average Bonchev–Trinajstić information content (AvgIpc) is 2.85. The van der Waals surface area contributed by atoms with Crippen molar-refractivity contribution in [2.45, 2.75) is 39.0 Å². The molecule has 0 aliphatic heterocycles. The van der Waals surface area contributed by atoms with Crippen LogP contribution in [0.1, 0.15) is 37.9 Å². The summed E-state index contributed by atoms with van der Waals surface area (Å²) >= 11 is 6.15. The molecule has 1 heterocycles. The van der Waals surface area contributed by atoms with Crippen LogP contribution in [0.2, 0.25) is 5.15 Å². The van der Waals surface area contributed by atoms with Crippen LogP contribution in [0.15, 0.2) is 6.33 Å². The molecule has 0 unspecified atom stereocenters. The molecule has 0 bridgehead atoms. The lowest BCUT2D eigenvalue weighted by molar-refractivity contribution is 0.476. The van der Waals surface area contributed by atoms with Gasteiger partial charge in [0.15, 0.2) is 0 Å². The van der Waals surface area contributed by atoms with Crippen LogP contribution in [0.25, 0.3) is 0 Å². The maximum atomic E-state index is 6.15. The van der Waals surface area contributed by atoms with E-state index in [1.54, 1.807) is 0 Å². The zero-order chi connectivity index (χ0) is 10.3. The SMILES string of the molecule is Cc1ncnc(Cl)c1C1(C(C)C)CC1. The van der Waals surface area contributed by atoms with Gasteiger partial charge in [0, 0.05) is 16.7 Å². The molecule has 3 heteroatoms. The van der Waals surface area contributed by atoms with Crippen molar-refractivity contribution in [2.24, 2.45) is 5.92 Å². The number of rotatable bonds is 2. The summed E-state index contributed by atoms with van der Waals surface area (Å²) in [5, 5.41) is 0.642. The maximum absolute atomic E-state index is 6.15. The Bertz CT molecular complexity index is 336. The first-order valence-electron chi connectivity index (χ1n) is 5.05. The topological polar surface area (TPSA) is 25.8 Å². The van der Waals surface area contributed by atoms with Gasteiger partial charge in [0.05, 0.1) is 0 Å². The summed E-state index contributed by atoms with van der Waals surface area (Å²) in [5.41, 5.74) is 2.48. The summed E-state index contributed by atoms with van der Waals surface area (Å²) in [4.78, 5) is 8.32. The fourth-order valence-electron chi connectivity index (χ4n) is 2.26. The van der Waals surface area contributed by atoms with Gasteiger partial charge in [0.2, 0.25) is 0 Å². The van der Waals surface area contributed by atoms with Crippen molar-refractivity contribution in [1.29, 1.82) is 0 Å². The summed E-state index contributed by atoms with van der Waals surface area (Å²) < 4.78 is 0. The lowest BCUT2D eigenvalue weighted by atomic mass is 9.85. The van der Waals surface area contributed by atoms with Gasteiger partial charge in [0.1, 0.15) is 11.5 Å². The van der Waals surface area contributed by atoms with E-state index in [4.69, 9.17) is 11.6 Å². The van der Waals surface area contributed by atoms with Gasteiger partial charge in [-0.25, -0.2) is 9.97 Å². The predicted octanol–water partition coefficient (Wildman–Crippen LogP) is 3.13. The van der Waals surface area contributed by atoms with Crippen LogP contribution in [0.5, 0.6) is 0 Å². The minimum absolute atomic E-state index is 0.266. The molecule has 1 aliphatic rings. The van der Waals surface area contributed by atoms with Crippen LogP contribution in [0.3, 0.4) is 0 Å². The molecule has 0 aromatic carbocycles. The minimum Gasteiger partial charge on any atom is -0.241 e. The summed E-state index contributed by atoms with van der Waals surface area (Å²) in [7, 11) is 0. The largest absolute Gasteiger partial charge is 0.241 e. The maximum Gasteiger partial charge on any atom is 0.136 e. The second kappa shape index (κ2) is 3.20. The number of aryl methyl sites for hydroxylation is 1. The highest BCUT2D eigenvalue weighted by Crippen LogP contribution is 2.55. The highest BCUT2D eigenvalue weighted by Gasteiger charge is 2.49. The molecule has 1 saturated carbocycles. The second-order valence-electron chi connectivity index (χ2n) is 4.44. The third-order valence-electron chi connectivity index (χ3n) is 3.38. The van der Waals surface area contributed by atoms with E-state index >= 15 is 0 Å². The van der Waals surface area contributed by atoms with Crippen LogP contribution in [-0.4, -0.2) is 9.97 Å². The first kappa shape index (κ1) is 9.91. The highest BCUT2D eigenvalue weighted by atomic mass is 35.5. The van der Waals surface area contributed by atoms with Crippen molar-refractivity contribution in [1.82, 2.24) is 9.97 Å². The molecule has 14 heavy (non-hydrogen) atoms. The van der Waals surface area contributed by atoms with E-state index in [0.717, 1.165) is 5.69 Å². The van der Waals surface area contributed by atoms with E-state index in [-0.39, 0.29) is 5.41 Å². The fourth-order valence-corrected chi connectivity index (χ4v) is 2.63. The lowest BCUT2D eigenvalue weighted by Crippen LogP contribution is -2.18. The molecule has 0 N–H and O–H groups in total. The van der Waals surface area contributed by atoms with Gasteiger partial charge in [-0.15, -0.1) is 0 Å². The Kier molecular flexibility index (Phi) is 2.26. The number of nitrogens with zero attached hydrogens (tertiary/aromatic N) is 2. The molecule has 1 aromatic rings. The molecule has 1 aromatic heterocycles. The van der Waals surface area contributed by atoms with Crippen molar-refractivity contribution in [3.8, 4) is 0 Å². The zero-order valence-electron chi connectivity index (χ0n) is 8.84. The summed E-state index contributed by atoms with van der Waals surface area (Å²) in [6.45, 7) is 6.51. The molecule has 1 aliphatic carbocycles. The van der Waals surface area contributed by atoms with Gasteiger partial charge in [-0.2, -0.15) is 0 Å². The molecule has 2 nitrogen and oxygen atoms in total. The van der Waals surface area contributed by atoms with Crippen molar-refractivity contribution in [3.05, 3.63) is 22.7 Å². The molecular weight excluding hydrogens is 196 g/mol. The van der Waals surface area contributed by atoms with Crippen molar-refractivity contribution < 1.29 is 0 Å². The normalized spacial score (nSPS) is 18.6. The van der Waals surface area contributed by atoms with Gasteiger partial charge in [-0.1, -0.05) is 25.4 Å². The van der Waals surface area contributed by atoms with Crippen LogP contribution >= 0.6 is 11.6 Å². The molecule has 1 fully saturated rings. The molecule has 0 atom stereocenters. The molecule has 2 rings (SSSR count). The standard InChI is InChI=1S/C11H15ClN2/c1-7(2)11(4-5-11)9-8(3)13-6-14-10(9)12/h6-7H,4-5H2,1-3H3. The number of aromatic nitrogens is 2. The first-order chi connectivity index (χ1) is 6.58. The smallest absolute Gasteiger partial charge is 0.136 e. The zero-order valence-corrected chi connectivity index (χ0v) is 9.60. The Labute approximate surface area is 89.7 Å². The molecule has 0 saturated heterocycles. The van der Waals surface area contributed by atoms with E-state index in [1.165, 1.54) is 24.7 Å². The second-order valence-corrected chi connectivity index (χ2v) is 4.79. The van der Waals surface area contributed by atoms with Gasteiger partial charge >= 0.3 is 0 Å². The third kappa shape index (κ3) is 1.33. The number of hydrogen-bond acceptors (Lipinski definition) is 2. The summed E-state index contributed by atoms with van der Waals surface area (Å²) in [5.74, 6) is 0.615. The molecular formula is C11H15ClN2. The first-order valence-corrected chi connectivity index (χ1v) is 5.43. The van der Waals surface area contributed by atoms with Crippen molar-refractivity contribution in [3.63, 3.8) is 0 Å². The predicted molar refractivity (Wildman–Crippen MR) is 57.5 cm³/mol. The van der Waals surface area contributed by atoms with Crippen LogP contribution in [-0.2, 0) is 5.41 Å². The van der Waals surface area contributed by atoms with Crippen LogP contribution < -0.4 is 0 Å². The number of hydrogen-bond donors (Lipinski definition) is 0. The number of halogens is 1. The van der Waals surface area contributed by atoms with E-state index < -0.39 is 0 Å². The van der Waals surface area contributed by atoms with Crippen molar-refractivity contribution in [2.75, 3.05) is 0 Å². The molecule has 76 valence electrons. The van der Waals surface area contributed by atoms with Crippen LogP contribution in [0.4, 0.5) is 0 Å². The van der Waals surface area contributed by atoms with Gasteiger partial charge in [-0.05, 0) is 25.7 Å². The van der Waals surface area contributed by atoms with E-state index in [1.807, 2.05) is 6.92 Å². The van der Waals surface area contributed by atoms with Gasteiger partial charge in [0.25, 0.3) is 0 Å². The minimum atomic E-state index is 0.266. The average molecular weight is 211 g/mol. The Morgan fingerprint density at radius 3 is 2.43 bits per heavy atom. The Hall–Kier alpha value is -0.630. The van der Waals surface area contributed by atoms with Crippen molar-refractivity contribution >= 4 is 11.6 Å². The summed E-state index contributed by atoms with van der Waals surface area (Å²) in [6.07, 6.45) is 3.98. The molecule has 0 radical (unpaired) electrons. The van der Waals surface area contributed by atoms with E-state index in [9.17, 15) is 0 Å². The molecule has 0 amide bonds. The van der Waals surface area contributed by atoms with Crippen LogP contribution in [0, 0.1) is 12.8 Å². The monoisotopic (exact) mass is 210 g/mol. The molecule has 0 spiro atoms. The van der Waals surface area contributed by atoms with E-state index in [2.05, 4.69) is 23.8 Å². The quantitative estimate of drug-likeness (QED) is 0.701. The Morgan fingerprint density at radius 2 is 2.00 bits per heavy atom.